The van der Waals surface area contributed by atoms with Crippen LogP contribution in [0.4, 0.5) is 10.5 Å². The summed E-state index contributed by atoms with van der Waals surface area (Å²) in [5, 5.41) is 0. The summed E-state index contributed by atoms with van der Waals surface area (Å²) in [5.41, 5.74) is 5.80. The molecule has 0 atom stereocenters. The Bertz CT molecular complexity index is 1010. The molecule has 2 aromatic rings. The van der Waals surface area contributed by atoms with E-state index in [1.54, 1.807) is 24.3 Å². The van der Waals surface area contributed by atoms with Gasteiger partial charge in [0.25, 0.3) is 0 Å². The van der Waals surface area contributed by atoms with Crippen LogP contribution in [0.25, 0.3) is 0 Å². The fourth-order valence-corrected chi connectivity index (χ4v) is 3.69. The van der Waals surface area contributed by atoms with Gasteiger partial charge in [0, 0.05) is 30.3 Å². The van der Waals surface area contributed by atoms with Crippen molar-refractivity contribution in [3.63, 3.8) is 0 Å². The molecule has 0 bridgehead atoms. The number of carbonyl (C=O) groups excluding carboxylic acids is 1. The number of nitrogens with two attached hydrogens (primary N) is 1. The molecular formula is C19H23N3O7S. The Balaban J connectivity index is 2.40. The molecule has 2 amide bonds. The van der Waals surface area contributed by atoms with Gasteiger partial charge in [0.2, 0.25) is 0 Å². The minimum Gasteiger partial charge on any atom is -0.496 e. The summed E-state index contributed by atoms with van der Waals surface area (Å²) in [4.78, 5) is 11.9. The molecule has 11 heteroatoms. The molecule has 2 N–H and O–H groups in total. The number of carbonyl (C=O) groups is 1. The number of amides is 2. The van der Waals surface area contributed by atoms with E-state index in [-0.39, 0.29) is 17.9 Å². The predicted octanol–water partition coefficient (Wildman–Crippen LogP) is 2.16. The number of ether oxygens (including phenoxy) is 4. The van der Waals surface area contributed by atoms with E-state index in [1.165, 1.54) is 40.6 Å². The number of hydrogen-bond donors (Lipinski definition) is 1. The van der Waals surface area contributed by atoms with E-state index in [1.807, 2.05) is 0 Å². The molecule has 30 heavy (non-hydrogen) atoms. The summed E-state index contributed by atoms with van der Waals surface area (Å²) in [6, 6.07) is 8.08. The lowest BCUT2D eigenvalue weighted by atomic mass is 10.1. The SMILES string of the molecule is COc1cc(OC)c(CC=NS(=O)(=O)N(C(N)=O)c2ccccc2OC)c(OC)c1. The van der Waals surface area contributed by atoms with Crippen LogP contribution >= 0.6 is 0 Å². The summed E-state index contributed by atoms with van der Waals surface area (Å²) in [6.07, 6.45) is 1.15. The Hall–Kier alpha value is -3.47. The molecule has 0 aliphatic carbocycles. The van der Waals surface area contributed by atoms with Crippen molar-refractivity contribution in [1.29, 1.82) is 0 Å². The van der Waals surface area contributed by atoms with E-state index < -0.39 is 16.2 Å². The van der Waals surface area contributed by atoms with Crippen LogP contribution in [0, 0.1) is 0 Å². The zero-order valence-electron chi connectivity index (χ0n) is 17.0. The van der Waals surface area contributed by atoms with Gasteiger partial charge in [0.1, 0.15) is 28.7 Å². The van der Waals surface area contributed by atoms with Crippen LogP contribution in [0.3, 0.4) is 0 Å². The van der Waals surface area contributed by atoms with Gasteiger partial charge in [0.15, 0.2) is 0 Å². The number of primary amides is 1. The molecule has 0 heterocycles. The molecule has 0 saturated carbocycles. The van der Waals surface area contributed by atoms with E-state index in [0.717, 1.165) is 6.21 Å². The number of rotatable bonds is 9. The minimum atomic E-state index is -4.49. The normalized spacial score (nSPS) is 11.2. The Morgan fingerprint density at radius 2 is 1.57 bits per heavy atom. The van der Waals surface area contributed by atoms with Crippen molar-refractivity contribution in [2.45, 2.75) is 6.42 Å². The van der Waals surface area contributed by atoms with Crippen molar-refractivity contribution in [2.75, 3.05) is 32.7 Å². The van der Waals surface area contributed by atoms with Gasteiger partial charge in [-0.25, -0.2) is 4.79 Å². The summed E-state index contributed by atoms with van der Waals surface area (Å²) < 4.78 is 50.4. The van der Waals surface area contributed by atoms with Crippen LogP contribution in [-0.2, 0) is 16.6 Å². The Labute approximate surface area is 175 Å². The maximum atomic E-state index is 12.7. The van der Waals surface area contributed by atoms with Gasteiger partial charge in [-0.1, -0.05) is 12.1 Å². The second-order valence-electron chi connectivity index (χ2n) is 5.75. The van der Waals surface area contributed by atoms with Gasteiger partial charge in [-0.2, -0.15) is 17.1 Å². The lowest BCUT2D eigenvalue weighted by Gasteiger charge is -2.19. The number of methoxy groups -OCH3 is 4. The number of urea groups is 1. The number of para-hydroxylation sites is 2. The molecule has 2 aromatic carbocycles. The molecule has 2 rings (SSSR count). The van der Waals surface area contributed by atoms with Crippen LogP contribution in [0.15, 0.2) is 40.8 Å². The highest BCUT2D eigenvalue weighted by molar-refractivity contribution is 7.92. The Kier molecular flexibility index (Phi) is 7.48. The second kappa shape index (κ2) is 9.83. The van der Waals surface area contributed by atoms with Crippen molar-refractivity contribution in [3.8, 4) is 23.0 Å². The third-order valence-corrected chi connectivity index (χ3v) is 5.31. The van der Waals surface area contributed by atoms with Crippen molar-refractivity contribution in [1.82, 2.24) is 0 Å². The van der Waals surface area contributed by atoms with Gasteiger partial charge in [-0.15, -0.1) is 0 Å². The van der Waals surface area contributed by atoms with Crippen molar-refractivity contribution in [3.05, 3.63) is 42.0 Å². The lowest BCUT2D eigenvalue weighted by Crippen LogP contribution is -2.40. The third-order valence-electron chi connectivity index (χ3n) is 4.06. The standard InChI is InChI=1S/C19H23N3O7S/c1-26-13-11-17(28-3)14(18(12-13)29-4)9-10-21-30(24,25)22(19(20)23)15-7-5-6-8-16(15)27-2/h5-8,10-12H,9H2,1-4H3,(H2,20,23). The Morgan fingerprint density at radius 3 is 2.07 bits per heavy atom. The maximum absolute atomic E-state index is 12.7. The largest absolute Gasteiger partial charge is 0.496 e. The van der Waals surface area contributed by atoms with Crippen molar-refractivity contribution < 1.29 is 32.2 Å². The highest BCUT2D eigenvalue weighted by Crippen LogP contribution is 2.34. The van der Waals surface area contributed by atoms with Crippen LogP contribution in [0.2, 0.25) is 0 Å². The Morgan fingerprint density at radius 1 is 1.00 bits per heavy atom. The van der Waals surface area contributed by atoms with Gasteiger partial charge >= 0.3 is 16.2 Å². The molecule has 0 aromatic heterocycles. The molecule has 0 spiro atoms. The molecule has 0 aliphatic rings. The number of anilines is 1. The van der Waals surface area contributed by atoms with Crippen LogP contribution < -0.4 is 29.0 Å². The zero-order valence-corrected chi connectivity index (χ0v) is 17.8. The molecule has 0 aliphatic heterocycles. The summed E-state index contributed by atoms with van der Waals surface area (Å²) in [5.74, 6) is 1.50. The smallest absolute Gasteiger partial charge is 0.352 e. The average molecular weight is 437 g/mol. The van der Waals surface area contributed by atoms with E-state index in [4.69, 9.17) is 24.7 Å². The number of hydrogen-bond acceptors (Lipinski definition) is 7. The quantitative estimate of drug-likeness (QED) is 0.595. The lowest BCUT2D eigenvalue weighted by molar-refractivity contribution is 0.256. The molecule has 10 nitrogen and oxygen atoms in total. The van der Waals surface area contributed by atoms with Crippen LogP contribution in [-0.4, -0.2) is 49.1 Å². The van der Waals surface area contributed by atoms with E-state index >= 15 is 0 Å². The fraction of sp³-hybridized carbons (Fsp3) is 0.263. The van der Waals surface area contributed by atoms with Gasteiger partial charge < -0.3 is 24.7 Å². The van der Waals surface area contributed by atoms with Gasteiger partial charge in [-0.05, 0) is 12.1 Å². The topological polar surface area (TPSA) is 130 Å². The molecule has 0 radical (unpaired) electrons. The maximum Gasteiger partial charge on any atom is 0.352 e. The monoisotopic (exact) mass is 437 g/mol. The minimum absolute atomic E-state index is 0.0358. The van der Waals surface area contributed by atoms with Gasteiger partial charge in [0.05, 0.1) is 28.4 Å². The first-order valence-corrected chi connectivity index (χ1v) is 9.99. The average Bonchev–Trinajstić information content (AvgIpc) is 2.73. The van der Waals surface area contributed by atoms with Crippen molar-refractivity contribution >= 4 is 28.1 Å². The molecular weight excluding hydrogens is 414 g/mol. The van der Waals surface area contributed by atoms with Crippen LogP contribution in [0.5, 0.6) is 23.0 Å². The summed E-state index contributed by atoms with van der Waals surface area (Å²) in [7, 11) is 1.27. The van der Waals surface area contributed by atoms with Crippen LogP contribution in [0.1, 0.15) is 5.56 Å². The first kappa shape index (κ1) is 22.8. The highest BCUT2D eigenvalue weighted by Gasteiger charge is 2.29. The third kappa shape index (κ3) is 4.92. The molecule has 0 fully saturated rings. The first-order valence-electron chi connectivity index (χ1n) is 8.59. The molecule has 162 valence electrons. The summed E-state index contributed by atoms with van der Waals surface area (Å²) in [6.45, 7) is 0. The highest BCUT2D eigenvalue weighted by atomic mass is 32.2. The first-order chi connectivity index (χ1) is 14.3. The number of benzene rings is 2. The van der Waals surface area contributed by atoms with E-state index in [2.05, 4.69) is 4.40 Å². The van der Waals surface area contributed by atoms with E-state index in [9.17, 15) is 13.2 Å². The summed E-state index contributed by atoms with van der Waals surface area (Å²) >= 11 is 0. The second-order valence-corrected chi connectivity index (χ2v) is 7.23. The molecule has 0 unspecified atom stereocenters. The predicted molar refractivity (Wildman–Crippen MR) is 112 cm³/mol. The van der Waals surface area contributed by atoms with Crippen molar-refractivity contribution in [2.24, 2.45) is 10.1 Å². The fourth-order valence-electron chi connectivity index (χ4n) is 2.70. The van der Waals surface area contributed by atoms with Gasteiger partial charge in [-0.3, -0.25) is 0 Å². The zero-order chi connectivity index (χ0) is 22.3. The molecule has 0 saturated heterocycles. The number of nitrogens with zero attached hydrogens (tertiary/aromatic N) is 2. The van der Waals surface area contributed by atoms with E-state index in [0.29, 0.717) is 27.1 Å².